The van der Waals surface area contributed by atoms with E-state index >= 15 is 0 Å². The van der Waals surface area contributed by atoms with Crippen molar-refractivity contribution in [3.8, 4) is 5.75 Å². The highest BCUT2D eigenvalue weighted by Crippen LogP contribution is 2.15. The Bertz CT molecular complexity index is 626. The van der Waals surface area contributed by atoms with Crippen LogP contribution in [0.3, 0.4) is 0 Å². The minimum atomic E-state index is -0.264. The molecule has 0 fully saturated rings. The summed E-state index contributed by atoms with van der Waals surface area (Å²) < 4.78 is 5.15. The second-order valence-electron chi connectivity index (χ2n) is 6.08. The zero-order chi connectivity index (χ0) is 17.4. The van der Waals surface area contributed by atoms with Gasteiger partial charge in [-0.2, -0.15) is 0 Å². The van der Waals surface area contributed by atoms with Crippen LogP contribution in [-0.4, -0.2) is 19.1 Å². The average molecular weight is 326 g/mol. The number of carbonyl (C=O) groups excluding carboxylic acids is 1. The Morgan fingerprint density at radius 2 is 1.79 bits per heavy atom. The van der Waals surface area contributed by atoms with Crippen molar-refractivity contribution < 1.29 is 9.53 Å². The van der Waals surface area contributed by atoms with Crippen LogP contribution in [0.15, 0.2) is 54.6 Å². The van der Waals surface area contributed by atoms with E-state index in [1.165, 1.54) is 5.56 Å². The number of carbonyl (C=O) groups is 1. The maximum Gasteiger partial charge on any atom is 0.222 e. The van der Waals surface area contributed by atoms with Crippen LogP contribution in [0.1, 0.15) is 36.9 Å². The van der Waals surface area contributed by atoms with E-state index in [4.69, 9.17) is 10.5 Å². The number of nitrogens with one attached hydrogen (secondary N) is 1. The maximum atomic E-state index is 12.1. The predicted molar refractivity (Wildman–Crippen MR) is 96.9 cm³/mol. The van der Waals surface area contributed by atoms with Crippen molar-refractivity contribution in [1.29, 1.82) is 0 Å². The van der Waals surface area contributed by atoms with Gasteiger partial charge >= 0.3 is 0 Å². The number of benzene rings is 2. The third kappa shape index (κ3) is 5.70. The van der Waals surface area contributed by atoms with Crippen LogP contribution in [0.5, 0.6) is 5.75 Å². The Balaban J connectivity index is 1.74. The number of aryl methyl sites for hydroxylation is 1. The first-order chi connectivity index (χ1) is 11.6. The molecule has 2 aromatic carbocycles. The summed E-state index contributed by atoms with van der Waals surface area (Å²) in [5, 5.41) is 3.03. The van der Waals surface area contributed by atoms with Crippen LogP contribution < -0.4 is 15.8 Å². The fourth-order valence-electron chi connectivity index (χ4n) is 2.60. The summed E-state index contributed by atoms with van der Waals surface area (Å²) in [4.78, 5) is 12.1. The molecule has 0 heterocycles. The van der Waals surface area contributed by atoms with E-state index in [1.54, 1.807) is 7.11 Å². The van der Waals surface area contributed by atoms with Crippen LogP contribution in [0.4, 0.5) is 0 Å². The third-order valence-electron chi connectivity index (χ3n) is 4.07. The molecule has 0 bridgehead atoms. The molecule has 2 rings (SSSR count). The molecule has 2 atom stereocenters. The van der Waals surface area contributed by atoms with E-state index in [2.05, 4.69) is 17.4 Å². The molecule has 0 saturated heterocycles. The Hall–Kier alpha value is -2.33. The van der Waals surface area contributed by atoms with Gasteiger partial charge in [-0.3, -0.25) is 4.79 Å². The molecule has 0 saturated carbocycles. The largest absolute Gasteiger partial charge is 0.497 e. The number of ether oxygens (including phenoxy) is 1. The van der Waals surface area contributed by atoms with Gasteiger partial charge in [0.15, 0.2) is 0 Å². The summed E-state index contributed by atoms with van der Waals surface area (Å²) in [6.07, 6.45) is 2.10. The van der Waals surface area contributed by atoms with Gasteiger partial charge in [0.25, 0.3) is 0 Å². The van der Waals surface area contributed by atoms with Gasteiger partial charge in [0.05, 0.1) is 7.11 Å². The number of hydrogen-bond acceptors (Lipinski definition) is 3. The molecule has 0 spiro atoms. The molecule has 0 aliphatic heterocycles. The van der Waals surface area contributed by atoms with Gasteiger partial charge in [0.2, 0.25) is 5.91 Å². The van der Waals surface area contributed by atoms with Crippen molar-refractivity contribution in [3.05, 3.63) is 65.7 Å². The molecule has 0 aliphatic rings. The molecule has 0 aromatic heterocycles. The summed E-state index contributed by atoms with van der Waals surface area (Å²) in [7, 11) is 1.66. The van der Waals surface area contributed by atoms with E-state index in [0.29, 0.717) is 6.42 Å². The van der Waals surface area contributed by atoms with E-state index in [-0.39, 0.29) is 18.0 Å². The van der Waals surface area contributed by atoms with Gasteiger partial charge in [-0.15, -0.1) is 0 Å². The maximum absolute atomic E-state index is 12.1. The smallest absolute Gasteiger partial charge is 0.222 e. The van der Waals surface area contributed by atoms with Crippen molar-refractivity contribution in [2.45, 2.75) is 38.3 Å². The molecule has 24 heavy (non-hydrogen) atoms. The van der Waals surface area contributed by atoms with Crippen LogP contribution in [0.2, 0.25) is 0 Å². The molecule has 4 heteroatoms. The van der Waals surface area contributed by atoms with Crippen molar-refractivity contribution in [1.82, 2.24) is 5.32 Å². The zero-order valence-corrected chi connectivity index (χ0v) is 14.4. The van der Waals surface area contributed by atoms with Crippen LogP contribution in [-0.2, 0) is 11.2 Å². The molecule has 3 N–H and O–H groups in total. The van der Waals surface area contributed by atoms with Crippen molar-refractivity contribution in [3.63, 3.8) is 0 Å². The zero-order valence-electron chi connectivity index (χ0n) is 14.4. The van der Waals surface area contributed by atoms with Crippen LogP contribution >= 0.6 is 0 Å². The molecule has 0 aliphatic carbocycles. The van der Waals surface area contributed by atoms with Crippen molar-refractivity contribution in [2.75, 3.05) is 7.11 Å². The average Bonchev–Trinajstić information content (AvgIpc) is 2.61. The standard InChI is InChI=1S/C20H26N2O2/c1-15(8-9-16-10-12-18(24-2)13-11-16)22-20(23)14-19(21)17-6-4-3-5-7-17/h3-7,10-13,15,19H,8-9,14,21H2,1-2H3,(H,22,23). The van der Waals surface area contributed by atoms with Gasteiger partial charge in [-0.25, -0.2) is 0 Å². The fourth-order valence-corrected chi connectivity index (χ4v) is 2.60. The monoisotopic (exact) mass is 326 g/mol. The van der Waals surface area contributed by atoms with Crippen molar-refractivity contribution in [2.24, 2.45) is 5.73 Å². The number of hydrogen-bond donors (Lipinski definition) is 2. The second kappa shape index (κ2) is 9.08. The molecule has 2 unspecified atom stereocenters. The topological polar surface area (TPSA) is 64.3 Å². The first kappa shape index (κ1) is 18.0. The van der Waals surface area contributed by atoms with Crippen molar-refractivity contribution >= 4 is 5.91 Å². The SMILES string of the molecule is COc1ccc(CCC(C)NC(=O)CC(N)c2ccccc2)cc1. The van der Waals surface area contributed by atoms with E-state index in [1.807, 2.05) is 49.4 Å². The highest BCUT2D eigenvalue weighted by Gasteiger charge is 2.13. The number of nitrogens with two attached hydrogens (primary N) is 1. The number of amides is 1. The first-order valence-corrected chi connectivity index (χ1v) is 8.31. The second-order valence-corrected chi connectivity index (χ2v) is 6.08. The normalized spacial score (nSPS) is 13.1. The molecular weight excluding hydrogens is 300 g/mol. The minimum absolute atomic E-state index is 0.00594. The number of rotatable bonds is 8. The van der Waals surface area contributed by atoms with E-state index in [9.17, 15) is 4.79 Å². The summed E-state index contributed by atoms with van der Waals surface area (Å²) in [5.41, 5.74) is 8.31. The summed E-state index contributed by atoms with van der Waals surface area (Å²) in [6.45, 7) is 2.02. The first-order valence-electron chi connectivity index (χ1n) is 8.31. The Morgan fingerprint density at radius 1 is 1.12 bits per heavy atom. The highest BCUT2D eigenvalue weighted by molar-refractivity contribution is 5.77. The lowest BCUT2D eigenvalue weighted by Gasteiger charge is -2.16. The Kier molecular flexibility index (Phi) is 6.82. The molecule has 1 amide bonds. The Labute approximate surface area is 144 Å². The minimum Gasteiger partial charge on any atom is -0.497 e. The predicted octanol–water partition coefficient (Wildman–Crippen LogP) is 3.22. The summed E-state index contributed by atoms with van der Waals surface area (Å²) in [6, 6.07) is 17.6. The van der Waals surface area contributed by atoms with E-state index in [0.717, 1.165) is 24.2 Å². The fraction of sp³-hybridized carbons (Fsp3) is 0.350. The van der Waals surface area contributed by atoms with Gasteiger partial charge in [0.1, 0.15) is 5.75 Å². The molecule has 128 valence electrons. The quantitative estimate of drug-likeness (QED) is 0.783. The highest BCUT2D eigenvalue weighted by atomic mass is 16.5. The lowest BCUT2D eigenvalue weighted by atomic mass is 10.0. The third-order valence-corrected chi connectivity index (χ3v) is 4.07. The van der Waals surface area contributed by atoms with Crippen LogP contribution in [0.25, 0.3) is 0 Å². The lowest BCUT2D eigenvalue weighted by Crippen LogP contribution is -2.34. The molecule has 4 nitrogen and oxygen atoms in total. The lowest BCUT2D eigenvalue weighted by molar-refractivity contribution is -0.122. The van der Waals surface area contributed by atoms with Gasteiger partial charge in [-0.1, -0.05) is 42.5 Å². The number of methoxy groups -OCH3 is 1. The summed E-state index contributed by atoms with van der Waals surface area (Å²) >= 11 is 0. The van der Waals surface area contributed by atoms with Gasteiger partial charge in [-0.05, 0) is 43.0 Å². The summed E-state index contributed by atoms with van der Waals surface area (Å²) in [5.74, 6) is 0.851. The van der Waals surface area contributed by atoms with E-state index < -0.39 is 0 Å². The Morgan fingerprint density at radius 3 is 2.42 bits per heavy atom. The van der Waals surface area contributed by atoms with Crippen LogP contribution in [0, 0.1) is 0 Å². The molecular formula is C20H26N2O2. The van der Waals surface area contributed by atoms with Gasteiger partial charge < -0.3 is 15.8 Å². The molecule has 0 radical (unpaired) electrons. The molecule has 2 aromatic rings. The van der Waals surface area contributed by atoms with Gasteiger partial charge in [0, 0.05) is 18.5 Å².